The molecule has 1 aliphatic heterocycles. The highest BCUT2D eigenvalue weighted by atomic mass is 35.5. The number of ether oxygens (including phenoxy) is 1. The SMILES string of the molecule is COCCN1CC(N)[C@H](c2ccc(Cl)c(F)c2)C1. The fourth-order valence-corrected chi connectivity index (χ4v) is 2.53. The number of likely N-dealkylation sites (tertiary alicyclic amines) is 1. The van der Waals surface area contributed by atoms with Crippen LogP contribution in [0.1, 0.15) is 11.5 Å². The van der Waals surface area contributed by atoms with Crippen molar-refractivity contribution in [1.29, 1.82) is 0 Å². The van der Waals surface area contributed by atoms with Crippen LogP contribution in [0, 0.1) is 5.82 Å². The van der Waals surface area contributed by atoms with Crippen molar-refractivity contribution < 1.29 is 9.13 Å². The van der Waals surface area contributed by atoms with Crippen molar-refractivity contribution >= 4 is 11.6 Å². The standard InChI is InChI=1S/C13H18ClFN2O/c1-18-5-4-17-7-10(13(16)8-17)9-2-3-11(14)12(15)6-9/h2-3,6,10,13H,4-5,7-8,16H2,1H3/t10-,13?/m0/s1. The fourth-order valence-electron chi connectivity index (χ4n) is 2.41. The maximum atomic E-state index is 13.5. The second kappa shape index (κ2) is 5.97. The van der Waals surface area contributed by atoms with Crippen LogP contribution in [0.5, 0.6) is 0 Å². The number of hydrogen-bond donors (Lipinski definition) is 1. The number of nitrogens with two attached hydrogens (primary N) is 1. The molecule has 0 amide bonds. The third-order valence-electron chi connectivity index (χ3n) is 3.42. The van der Waals surface area contributed by atoms with Crippen LogP contribution < -0.4 is 5.73 Å². The van der Waals surface area contributed by atoms with Crippen molar-refractivity contribution in [3.63, 3.8) is 0 Å². The molecule has 0 spiro atoms. The molecule has 3 nitrogen and oxygen atoms in total. The Balaban J connectivity index is 2.06. The molecule has 1 fully saturated rings. The molecule has 2 rings (SSSR count). The summed E-state index contributed by atoms with van der Waals surface area (Å²) < 4.78 is 18.5. The molecule has 1 aromatic rings. The normalized spacial score (nSPS) is 24.7. The van der Waals surface area contributed by atoms with E-state index in [0.29, 0.717) is 6.61 Å². The smallest absolute Gasteiger partial charge is 0.142 e. The van der Waals surface area contributed by atoms with Crippen LogP contribution in [0.3, 0.4) is 0 Å². The first kappa shape index (κ1) is 13.7. The van der Waals surface area contributed by atoms with Gasteiger partial charge in [-0.15, -0.1) is 0 Å². The minimum absolute atomic E-state index is 0.0300. The van der Waals surface area contributed by atoms with Gasteiger partial charge in [-0.2, -0.15) is 0 Å². The first-order valence-electron chi connectivity index (χ1n) is 6.03. The summed E-state index contributed by atoms with van der Waals surface area (Å²) in [5.41, 5.74) is 7.04. The summed E-state index contributed by atoms with van der Waals surface area (Å²) >= 11 is 5.69. The molecular formula is C13H18ClFN2O. The Bertz CT molecular complexity index is 416. The van der Waals surface area contributed by atoms with Gasteiger partial charge in [0.15, 0.2) is 0 Å². The van der Waals surface area contributed by atoms with Gasteiger partial charge in [0.25, 0.3) is 0 Å². The molecule has 0 aromatic heterocycles. The molecule has 1 saturated heterocycles. The third-order valence-corrected chi connectivity index (χ3v) is 3.73. The Morgan fingerprint density at radius 2 is 2.28 bits per heavy atom. The van der Waals surface area contributed by atoms with Gasteiger partial charge in [0.05, 0.1) is 11.6 Å². The highest BCUT2D eigenvalue weighted by molar-refractivity contribution is 6.30. The molecule has 2 atom stereocenters. The number of benzene rings is 1. The number of halogens is 2. The summed E-state index contributed by atoms with van der Waals surface area (Å²) in [6.07, 6.45) is 0. The Labute approximate surface area is 112 Å². The van der Waals surface area contributed by atoms with E-state index in [-0.39, 0.29) is 22.8 Å². The maximum absolute atomic E-state index is 13.5. The predicted octanol–water partition coefficient (Wildman–Crippen LogP) is 1.85. The van der Waals surface area contributed by atoms with Crippen molar-refractivity contribution in [2.24, 2.45) is 5.73 Å². The van der Waals surface area contributed by atoms with Gasteiger partial charge >= 0.3 is 0 Å². The molecule has 0 aliphatic carbocycles. The Hall–Kier alpha value is -0.680. The maximum Gasteiger partial charge on any atom is 0.142 e. The first-order chi connectivity index (χ1) is 8.61. The molecule has 1 aliphatic rings. The minimum Gasteiger partial charge on any atom is -0.383 e. The number of rotatable bonds is 4. The summed E-state index contributed by atoms with van der Waals surface area (Å²) in [6.45, 7) is 3.20. The first-order valence-corrected chi connectivity index (χ1v) is 6.41. The molecule has 100 valence electrons. The molecule has 0 bridgehead atoms. The zero-order valence-corrected chi connectivity index (χ0v) is 11.2. The van der Waals surface area contributed by atoms with E-state index in [2.05, 4.69) is 4.90 Å². The van der Waals surface area contributed by atoms with Crippen LogP contribution in [-0.2, 0) is 4.74 Å². The number of methoxy groups -OCH3 is 1. The molecule has 0 radical (unpaired) electrons. The van der Waals surface area contributed by atoms with Crippen LogP contribution in [0.15, 0.2) is 18.2 Å². The van der Waals surface area contributed by atoms with E-state index in [0.717, 1.165) is 25.2 Å². The van der Waals surface area contributed by atoms with Crippen LogP contribution in [0.25, 0.3) is 0 Å². The molecule has 1 heterocycles. The van der Waals surface area contributed by atoms with Crippen molar-refractivity contribution in [1.82, 2.24) is 4.90 Å². The van der Waals surface area contributed by atoms with Gasteiger partial charge in [-0.1, -0.05) is 17.7 Å². The van der Waals surface area contributed by atoms with Crippen LogP contribution >= 0.6 is 11.6 Å². The number of hydrogen-bond acceptors (Lipinski definition) is 3. The quantitative estimate of drug-likeness (QED) is 0.909. The van der Waals surface area contributed by atoms with E-state index in [1.54, 1.807) is 13.2 Å². The molecule has 2 N–H and O–H groups in total. The molecule has 1 aromatic carbocycles. The highest BCUT2D eigenvalue weighted by Gasteiger charge is 2.31. The molecular weight excluding hydrogens is 255 g/mol. The molecule has 18 heavy (non-hydrogen) atoms. The van der Waals surface area contributed by atoms with Gasteiger partial charge in [0, 0.05) is 38.7 Å². The van der Waals surface area contributed by atoms with Crippen molar-refractivity contribution in [3.8, 4) is 0 Å². The van der Waals surface area contributed by atoms with Crippen molar-refractivity contribution in [2.75, 3.05) is 33.4 Å². The highest BCUT2D eigenvalue weighted by Crippen LogP contribution is 2.28. The van der Waals surface area contributed by atoms with Gasteiger partial charge < -0.3 is 10.5 Å². The lowest BCUT2D eigenvalue weighted by Gasteiger charge is -2.15. The lowest BCUT2D eigenvalue weighted by atomic mass is 9.95. The topological polar surface area (TPSA) is 38.5 Å². The minimum atomic E-state index is -0.378. The Morgan fingerprint density at radius 3 is 2.94 bits per heavy atom. The predicted molar refractivity (Wildman–Crippen MR) is 70.4 cm³/mol. The Kier molecular flexibility index (Phi) is 4.56. The second-order valence-electron chi connectivity index (χ2n) is 4.70. The average Bonchev–Trinajstić information content (AvgIpc) is 2.71. The zero-order chi connectivity index (χ0) is 13.1. The van der Waals surface area contributed by atoms with E-state index in [1.165, 1.54) is 6.07 Å². The van der Waals surface area contributed by atoms with E-state index >= 15 is 0 Å². The van der Waals surface area contributed by atoms with Gasteiger partial charge in [0.1, 0.15) is 5.82 Å². The van der Waals surface area contributed by atoms with E-state index in [9.17, 15) is 4.39 Å². The zero-order valence-electron chi connectivity index (χ0n) is 10.4. The van der Waals surface area contributed by atoms with Crippen LogP contribution in [0.4, 0.5) is 4.39 Å². The third kappa shape index (κ3) is 3.01. The number of nitrogens with zero attached hydrogens (tertiary/aromatic N) is 1. The summed E-state index contributed by atoms with van der Waals surface area (Å²) in [7, 11) is 1.68. The summed E-state index contributed by atoms with van der Waals surface area (Å²) in [5, 5.41) is 0.154. The lowest BCUT2D eigenvalue weighted by molar-refractivity contribution is 0.160. The molecule has 0 saturated carbocycles. The summed E-state index contributed by atoms with van der Waals surface area (Å²) in [6, 6.07) is 4.97. The second-order valence-corrected chi connectivity index (χ2v) is 5.10. The average molecular weight is 273 g/mol. The van der Waals surface area contributed by atoms with Gasteiger partial charge in [-0.05, 0) is 17.7 Å². The van der Waals surface area contributed by atoms with Gasteiger partial charge in [-0.3, -0.25) is 4.90 Å². The van der Waals surface area contributed by atoms with Gasteiger partial charge in [0.2, 0.25) is 0 Å². The lowest BCUT2D eigenvalue weighted by Crippen LogP contribution is -2.30. The molecule has 5 heteroatoms. The van der Waals surface area contributed by atoms with E-state index in [1.807, 2.05) is 6.07 Å². The van der Waals surface area contributed by atoms with Crippen LogP contribution in [0.2, 0.25) is 5.02 Å². The van der Waals surface area contributed by atoms with Gasteiger partial charge in [-0.25, -0.2) is 4.39 Å². The molecule has 1 unspecified atom stereocenters. The van der Waals surface area contributed by atoms with Crippen molar-refractivity contribution in [2.45, 2.75) is 12.0 Å². The summed E-state index contributed by atoms with van der Waals surface area (Å²) in [4.78, 5) is 2.24. The van der Waals surface area contributed by atoms with E-state index in [4.69, 9.17) is 22.1 Å². The van der Waals surface area contributed by atoms with Crippen molar-refractivity contribution in [3.05, 3.63) is 34.6 Å². The van der Waals surface area contributed by atoms with E-state index < -0.39 is 0 Å². The largest absolute Gasteiger partial charge is 0.383 e. The fraction of sp³-hybridized carbons (Fsp3) is 0.538. The summed E-state index contributed by atoms with van der Waals surface area (Å²) in [5.74, 6) is -0.217. The monoisotopic (exact) mass is 272 g/mol. The van der Waals surface area contributed by atoms with Crippen LogP contribution in [-0.4, -0.2) is 44.3 Å². The Morgan fingerprint density at radius 1 is 1.50 bits per heavy atom.